The Bertz CT molecular complexity index is 417. The van der Waals surface area contributed by atoms with Crippen molar-refractivity contribution in [3.05, 3.63) is 22.3 Å². The lowest BCUT2D eigenvalue weighted by Gasteiger charge is -2.34. The maximum Gasteiger partial charge on any atom is 0.147 e. The minimum absolute atomic E-state index is 0.356. The molecule has 5 heteroatoms. The molecule has 3 nitrogen and oxygen atoms in total. The topological polar surface area (TPSA) is 28.2 Å². The first-order chi connectivity index (χ1) is 9.08. The summed E-state index contributed by atoms with van der Waals surface area (Å²) in [5.41, 5.74) is 0. The van der Waals surface area contributed by atoms with E-state index in [1.54, 1.807) is 12.3 Å². The van der Waals surface area contributed by atoms with Gasteiger partial charge in [0.05, 0.1) is 10.0 Å². The van der Waals surface area contributed by atoms with Gasteiger partial charge < -0.3 is 10.2 Å². The number of hydrogen-bond donors (Lipinski definition) is 1. The summed E-state index contributed by atoms with van der Waals surface area (Å²) in [6.45, 7) is 6.37. The highest BCUT2D eigenvalue weighted by molar-refractivity contribution is 6.36. The van der Waals surface area contributed by atoms with Crippen molar-refractivity contribution in [1.29, 1.82) is 0 Å². The van der Waals surface area contributed by atoms with Crippen LogP contribution in [0.25, 0.3) is 0 Å². The number of nitrogens with one attached hydrogen (secondary N) is 1. The molecule has 0 bridgehead atoms. The van der Waals surface area contributed by atoms with E-state index in [1.807, 2.05) is 0 Å². The first-order valence-electron chi connectivity index (χ1n) is 6.89. The largest absolute Gasteiger partial charge is 0.351 e. The highest BCUT2D eigenvalue weighted by Crippen LogP contribution is 2.28. The van der Waals surface area contributed by atoms with Gasteiger partial charge in [-0.15, -0.1) is 0 Å². The van der Waals surface area contributed by atoms with Gasteiger partial charge in [-0.3, -0.25) is 0 Å². The molecule has 0 amide bonds. The Morgan fingerprint density at radius 1 is 1.42 bits per heavy atom. The Hall–Kier alpha value is -0.510. The molecule has 1 saturated heterocycles. The molecule has 1 aliphatic rings. The normalized spacial score (nSPS) is 19.7. The summed E-state index contributed by atoms with van der Waals surface area (Å²) < 4.78 is 0. The third-order valence-electron chi connectivity index (χ3n) is 3.51. The molecule has 1 aliphatic heterocycles. The van der Waals surface area contributed by atoms with Gasteiger partial charge in [-0.2, -0.15) is 0 Å². The summed E-state index contributed by atoms with van der Waals surface area (Å²) >= 11 is 12.2. The molecule has 1 aromatic rings. The molecule has 0 spiro atoms. The average Bonchev–Trinajstić information content (AvgIpc) is 2.38. The summed E-state index contributed by atoms with van der Waals surface area (Å²) in [7, 11) is 0. The molecule has 19 heavy (non-hydrogen) atoms. The van der Waals surface area contributed by atoms with E-state index in [4.69, 9.17) is 23.2 Å². The van der Waals surface area contributed by atoms with Gasteiger partial charge >= 0.3 is 0 Å². The lowest BCUT2D eigenvalue weighted by atomic mass is 10.0. The molecule has 0 aliphatic carbocycles. The van der Waals surface area contributed by atoms with Gasteiger partial charge in [0.15, 0.2) is 0 Å². The number of piperidine rings is 1. The Kier molecular flexibility index (Phi) is 5.31. The van der Waals surface area contributed by atoms with Crippen LogP contribution >= 0.6 is 23.2 Å². The van der Waals surface area contributed by atoms with Crippen LogP contribution in [0.4, 0.5) is 5.82 Å². The van der Waals surface area contributed by atoms with Crippen molar-refractivity contribution in [2.24, 2.45) is 0 Å². The number of nitrogens with zero attached hydrogens (tertiary/aromatic N) is 2. The molecular weight excluding hydrogens is 281 g/mol. The van der Waals surface area contributed by atoms with Crippen LogP contribution in [0.2, 0.25) is 10.0 Å². The van der Waals surface area contributed by atoms with E-state index in [-0.39, 0.29) is 0 Å². The fourth-order valence-corrected chi connectivity index (χ4v) is 2.97. The summed E-state index contributed by atoms with van der Waals surface area (Å²) in [5, 5.41) is 4.77. The van der Waals surface area contributed by atoms with Crippen LogP contribution in [-0.2, 0) is 0 Å². The SMILES string of the molecule is CC(C)N(CC1CCCCN1)c1ncc(Cl)cc1Cl. The van der Waals surface area contributed by atoms with Crippen LogP contribution in [0.1, 0.15) is 33.1 Å². The fraction of sp³-hybridized carbons (Fsp3) is 0.643. The molecule has 1 N–H and O–H groups in total. The van der Waals surface area contributed by atoms with Gasteiger partial charge in [0.25, 0.3) is 0 Å². The second-order valence-corrected chi connectivity index (χ2v) is 6.20. The van der Waals surface area contributed by atoms with Crippen LogP contribution in [0, 0.1) is 0 Å². The highest BCUT2D eigenvalue weighted by atomic mass is 35.5. The Morgan fingerprint density at radius 3 is 2.79 bits per heavy atom. The first kappa shape index (κ1) is 14.9. The smallest absolute Gasteiger partial charge is 0.147 e. The number of anilines is 1. The lowest BCUT2D eigenvalue weighted by Crippen LogP contribution is -2.46. The Morgan fingerprint density at radius 2 is 2.21 bits per heavy atom. The number of halogens is 2. The van der Waals surface area contributed by atoms with E-state index >= 15 is 0 Å². The van der Waals surface area contributed by atoms with Crippen LogP contribution in [-0.4, -0.2) is 30.2 Å². The van der Waals surface area contributed by atoms with Crippen molar-refractivity contribution >= 4 is 29.0 Å². The molecule has 0 radical (unpaired) electrons. The van der Waals surface area contributed by atoms with Gasteiger partial charge in [0.1, 0.15) is 5.82 Å². The first-order valence-corrected chi connectivity index (χ1v) is 7.64. The zero-order chi connectivity index (χ0) is 13.8. The van der Waals surface area contributed by atoms with Crippen molar-refractivity contribution in [2.75, 3.05) is 18.0 Å². The highest BCUT2D eigenvalue weighted by Gasteiger charge is 2.21. The van der Waals surface area contributed by atoms with E-state index in [9.17, 15) is 0 Å². The van der Waals surface area contributed by atoms with Crippen molar-refractivity contribution in [1.82, 2.24) is 10.3 Å². The maximum absolute atomic E-state index is 6.28. The second kappa shape index (κ2) is 6.78. The molecule has 1 unspecified atom stereocenters. The summed E-state index contributed by atoms with van der Waals surface area (Å²) in [6.07, 6.45) is 5.45. The minimum Gasteiger partial charge on any atom is -0.351 e. The Balaban J connectivity index is 2.14. The van der Waals surface area contributed by atoms with E-state index in [1.165, 1.54) is 19.3 Å². The number of pyridine rings is 1. The summed E-state index contributed by atoms with van der Waals surface area (Å²) in [6, 6.07) is 2.63. The van der Waals surface area contributed by atoms with Gasteiger partial charge in [0.2, 0.25) is 0 Å². The van der Waals surface area contributed by atoms with E-state index in [0.29, 0.717) is 22.1 Å². The standard InChI is InChI=1S/C14H21Cl2N3/c1-10(2)19(9-12-5-3-4-6-17-12)14-13(16)7-11(15)8-18-14/h7-8,10,12,17H,3-6,9H2,1-2H3. The zero-order valence-corrected chi connectivity index (χ0v) is 13.0. The van der Waals surface area contributed by atoms with Gasteiger partial charge in [-0.1, -0.05) is 29.6 Å². The molecule has 1 atom stereocenters. The number of hydrogen-bond acceptors (Lipinski definition) is 3. The van der Waals surface area contributed by atoms with Gasteiger partial charge in [-0.05, 0) is 39.3 Å². The molecule has 1 aromatic heterocycles. The monoisotopic (exact) mass is 301 g/mol. The predicted molar refractivity (Wildman–Crippen MR) is 82.4 cm³/mol. The minimum atomic E-state index is 0.356. The molecule has 2 rings (SSSR count). The average molecular weight is 302 g/mol. The molecular formula is C14H21Cl2N3. The van der Waals surface area contributed by atoms with Crippen molar-refractivity contribution in [3.8, 4) is 0 Å². The van der Waals surface area contributed by atoms with Gasteiger partial charge in [-0.25, -0.2) is 4.98 Å². The van der Waals surface area contributed by atoms with E-state index < -0.39 is 0 Å². The number of rotatable bonds is 4. The molecule has 0 aromatic carbocycles. The lowest BCUT2D eigenvalue weighted by molar-refractivity contribution is 0.392. The van der Waals surface area contributed by atoms with Crippen LogP contribution in [0.3, 0.4) is 0 Å². The molecule has 106 valence electrons. The zero-order valence-electron chi connectivity index (χ0n) is 11.5. The third kappa shape index (κ3) is 3.98. The van der Waals surface area contributed by atoms with E-state index in [0.717, 1.165) is 18.9 Å². The second-order valence-electron chi connectivity index (χ2n) is 5.35. The molecule has 2 heterocycles. The van der Waals surface area contributed by atoms with Gasteiger partial charge in [0, 0.05) is 24.8 Å². The van der Waals surface area contributed by atoms with Crippen LogP contribution in [0.5, 0.6) is 0 Å². The molecule has 1 fully saturated rings. The number of aromatic nitrogens is 1. The summed E-state index contributed by atoms with van der Waals surface area (Å²) in [4.78, 5) is 6.65. The molecule has 0 saturated carbocycles. The third-order valence-corrected chi connectivity index (χ3v) is 4.00. The van der Waals surface area contributed by atoms with Crippen molar-refractivity contribution < 1.29 is 0 Å². The quantitative estimate of drug-likeness (QED) is 0.918. The van der Waals surface area contributed by atoms with Crippen molar-refractivity contribution in [3.63, 3.8) is 0 Å². The summed E-state index contributed by atoms with van der Waals surface area (Å²) in [5.74, 6) is 0.827. The van der Waals surface area contributed by atoms with E-state index in [2.05, 4.69) is 29.0 Å². The fourth-order valence-electron chi connectivity index (χ4n) is 2.48. The Labute approximate surface area is 125 Å². The van der Waals surface area contributed by atoms with Crippen LogP contribution < -0.4 is 10.2 Å². The maximum atomic E-state index is 6.28. The van der Waals surface area contributed by atoms with Crippen molar-refractivity contribution in [2.45, 2.75) is 45.2 Å². The van der Waals surface area contributed by atoms with Crippen LogP contribution in [0.15, 0.2) is 12.3 Å². The predicted octanol–water partition coefficient (Wildman–Crippen LogP) is 3.75.